The Labute approximate surface area is 195 Å². The largest absolute Gasteiger partial charge is 0.459 e. The molecule has 0 spiro atoms. The predicted molar refractivity (Wildman–Crippen MR) is 129 cm³/mol. The molecule has 2 heterocycles. The highest BCUT2D eigenvalue weighted by Crippen LogP contribution is 2.27. The minimum atomic E-state index is -0.396. The molecular formula is C24H23N5O3S. The van der Waals surface area contributed by atoms with Gasteiger partial charge in [0.2, 0.25) is 11.1 Å². The van der Waals surface area contributed by atoms with E-state index in [0.717, 1.165) is 16.4 Å². The van der Waals surface area contributed by atoms with E-state index in [-0.39, 0.29) is 17.8 Å². The maximum absolute atomic E-state index is 12.4. The Morgan fingerprint density at radius 3 is 2.64 bits per heavy atom. The van der Waals surface area contributed by atoms with Crippen LogP contribution >= 0.6 is 11.8 Å². The van der Waals surface area contributed by atoms with E-state index >= 15 is 0 Å². The van der Waals surface area contributed by atoms with Gasteiger partial charge in [-0.15, -0.1) is 16.8 Å². The molecule has 2 aromatic heterocycles. The van der Waals surface area contributed by atoms with Crippen LogP contribution in [0, 0.1) is 0 Å². The highest BCUT2D eigenvalue weighted by Gasteiger charge is 2.15. The standard InChI is InChI=1S/C24H23N5O3S/c1-4-13-29-19-8-6-5-7-18(19)21-22(29)26-24(28-27-21)33-14-20(30)25-17-11-9-16(10-12-17)23(31)32-15(2)3/h4-12,15H,1,13-14H2,2-3H3,(H,25,30). The van der Waals surface area contributed by atoms with Crippen molar-refractivity contribution in [2.45, 2.75) is 31.7 Å². The lowest BCUT2D eigenvalue weighted by molar-refractivity contribution is -0.113. The zero-order valence-electron chi connectivity index (χ0n) is 18.3. The molecule has 0 aliphatic carbocycles. The molecule has 168 valence electrons. The van der Waals surface area contributed by atoms with Crippen molar-refractivity contribution < 1.29 is 14.3 Å². The lowest BCUT2D eigenvalue weighted by Crippen LogP contribution is -2.15. The first-order valence-electron chi connectivity index (χ1n) is 10.4. The van der Waals surface area contributed by atoms with Gasteiger partial charge < -0.3 is 14.6 Å². The Bertz CT molecular complexity index is 1330. The number of fused-ring (bicyclic) bond motifs is 3. The lowest BCUT2D eigenvalue weighted by atomic mass is 10.2. The first-order chi connectivity index (χ1) is 16.0. The van der Waals surface area contributed by atoms with Crippen molar-refractivity contribution in [1.29, 1.82) is 0 Å². The average molecular weight is 462 g/mol. The van der Waals surface area contributed by atoms with E-state index in [4.69, 9.17) is 4.74 Å². The minimum Gasteiger partial charge on any atom is -0.459 e. The summed E-state index contributed by atoms with van der Waals surface area (Å²) in [4.78, 5) is 29.0. The van der Waals surface area contributed by atoms with Crippen LogP contribution in [-0.4, -0.2) is 43.5 Å². The highest BCUT2D eigenvalue weighted by molar-refractivity contribution is 7.99. The van der Waals surface area contributed by atoms with Crippen molar-refractivity contribution in [2.24, 2.45) is 0 Å². The number of esters is 1. The van der Waals surface area contributed by atoms with Crippen molar-refractivity contribution in [3.63, 3.8) is 0 Å². The average Bonchev–Trinajstić information content (AvgIpc) is 3.11. The zero-order chi connectivity index (χ0) is 23.4. The maximum atomic E-state index is 12.4. The van der Waals surface area contributed by atoms with E-state index in [9.17, 15) is 9.59 Å². The van der Waals surface area contributed by atoms with Crippen molar-refractivity contribution in [1.82, 2.24) is 19.7 Å². The van der Waals surface area contributed by atoms with Gasteiger partial charge in [-0.2, -0.15) is 0 Å². The number of amides is 1. The second-order valence-corrected chi connectivity index (χ2v) is 8.49. The number of allylic oxidation sites excluding steroid dienone is 1. The molecule has 0 saturated heterocycles. The molecule has 0 aliphatic rings. The molecule has 0 aliphatic heterocycles. The van der Waals surface area contributed by atoms with Gasteiger partial charge in [-0.1, -0.05) is 36.0 Å². The van der Waals surface area contributed by atoms with E-state index in [1.165, 1.54) is 11.8 Å². The fraction of sp³-hybridized carbons (Fsp3) is 0.208. The molecule has 0 bridgehead atoms. The first-order valence-corrected chi connectivity index (χ1v) is 11.4. The molecule has 0 unspecified atom stereocenters. The molecule has 4 aromatic rings. The van der Waals surface area contributed by atoms with Gasteiger partial charge in [-0.05, 0) is 44.2 Å². The fourth-order valence-corrected chi connectivity index (χ4v) is 3.95. The summed E-state index contributed by atoms with van der Waals surface area (Å²) in [7, 11) is 0. The second-order valence-electron chi connectivity index (χ2n) is 7.55. The summed E-state index contributed by atoms with van der Waals surface area (Å²) in [5.74, 6) is -0.494. The quantitative estimate of drug-likeness (QED) is 0.235. The number of hydrogen-bond donors (Lipinski definition) is 1. The zero-order valence-corrected chi connectivity index (χ0v) is 19.1. The molecule has 0 fully saturated rings. The van der Waals surface area contributed by atoms with Crippen LogP contribution in [0.1, 0.15) is 24.2 Å². The summed E-state index contributed by atoms with van der Waals surface area (Å²) in [5.41, 5.74) is 3.45. The normalized spacial score (nSPS) is 11.1. The van der Waals surface area contributed by atoms with Gasteiger partial charge in [0.15, 0.2) is 5.65 Å². The highest BCUT2D eigenvalue weighted by atomic mass is 32.2. The van der Waals surface area contributed by atoms with E-state index in [0.29, 0.717) is 28.6 Å². The number of carbonyl (C=O) groups is 2. The summed E-state index contributed by atoms with van der Waals surface area (Å²) in [6, 6.07) is 14.5. The number of rotatable bonds is 8. The molecule has 0 saturated carbocycles. The third kappa shape index (κ3) is 5.04. The van der Waals surface area contributed by atoms with Crippen LogP contribution in [0.5, 0.6) is 0 Å². The lowest BCUT2D eigenvalue weighted by Gasteiger charge is -2.09. The van der Waals surface area contributed by atoms with E-state index in [2.05, 4.69) is 27.1 Å². The molecule has 2 aromatic carbocycles. The van der Waals surface area contributed by atoms with Gasteiger partial charge in [-0.25, -0.2) is 9.78 Å². The predicted octanol–water partition coefficient (Wildman–Crippen LogP) is 4.46. The maximum Gasteiger partial charge on any atom is 0.338 e. The van der Waals surface area contributed by atoms with Crippen LogP contribution in [0.15, 0.2) is 66.3 Å². The van der Waals surface area contributed by atoms with Crippen molar-refractivity contribution in [3.05, 3.63) is 66.7 Å². The van der Waals surface area contributed by atoms with Crippen LogP contribution in [-0.2, 0) is 16.1 Å². The van der Waals surface area contributed by atoms with Crippen molar-refractivity contribution >= 4 is 51.4 Å². The first kappa shape index (κ1) is 22.5. The van der Waals surface area contributed by atoms with Crippen molar-refractivity contribution in [2.75, 3.05) is 11.1 Å². The topological polar surface area (TPSA) is 99.0 Å². The molecule has 9 heteroatoms. The minimum absolute atomic E-state index is 0.117. The second kappa shape index (κ2) is 9.83. The van der Waals surface area contributed by atoms with Crippen LogP contribution in [0.4, 0.5) is 5.69 Å². The SMILES string of the molecule is C=CCn1c2ccccc2c2nnc(SCC(=O)Nc3ccc(C(=O)OC(C)C)cc3)nc21. The smallest absolute Gasteiger partial charge is 0.338 e. The molecule has 0 radical (unpaired) electrons. The van der Waals surface area contributed by atoms with E-state index in [1.807, 2.05) is 34.9 Å². The number of carbonyl (C=O) groups excluding carboxylic acids is 2. The molecule has 8 nitrogen and oxygen atoms in total. The number of nitrogens with one attached hydrogen (secondary N) is 1. The van der Waals surface area contributed by atoms with Gasteiger partial charge in [0.05, 0.1) is 22.9 Å². The Hall–Kier alpha value is -3.72. The Morgan fingerprint density at radius 2 is 1.91 bits per heavy atom. The third-order valence-electron chi connectivity index (χ3n) is 4.75. The number of nitrogens with zero attached hydrogens (tertiary/aromatic N) is 4. The molecule has 1 N–H and O–H groups in total. The Kier molecular flexibility index (Phi) is 6.69. The number of thioether (sulfide) groups is 1. The number of hydrogen-bond acceptors (Lipinski definition) is 7. The Morgan fingerprint density at radius 1 is 1.15 bits per heavy atom. The van der Waals surface area contributed by atoms with Gasteiger partial charge in [-0.3, -0.25) is 4.79 Å². The Balaban J connectivity index is 1.43. The summed E-state index contributed by atoms with van der Waals surface area (Å²) in [5, 5.41) is 12.7. The monoisotopic (exact) mass is 461 g/mol. The number of ether oxygens (including phenoxy) is 1. The van der Waals surface area contributed by atoms with Gasteiger partial charge in [0.25, 0.3) is 0 Å². The fourth-order valence-electron chi connectivity index (χ4n) is 3.36. The molecule has 1 amide bonds. The van der Waals surface area contributed by atoms with Crippen LogP contribution < -0.4 is 5.32 Å². The number of aromatic nitrogens is 4. The molecule has 0 atom stereocenters. The van der Waals surface area contributed by atoms with Crippen molar-refractivity contribution in [3.8, 4) is 0 Å². The molecular weight excluding hydrogens is 438 g/mol. The number of para-hydroxylation sites is 1. The van der Waals surface area contributed by atoms with Crippen LogP contribution in [0.3, 0.4) is 0 Å². The van der Waals surface area contributed by atoms with E-state index in [1.54, 1.807) is 38.1 Å². The number of anilines is 1. The molecule has 33 heavy (non-hydrogen) atoms. The van der Waals surface area contributed by atoms with Gasteiger partial charge in [0.1, 0.15) is 5.52 Å². The van der Waals surface area contributed by atoms with Crippen LogP contribution in [0.25, 0.3) is 22.1 Å². The van der Waals surface area contributed by atoms with Crippen LogP contribution in [0.2, 0.25) is 0 Å². The summed E-state index contributed by atoms with van der Waals surface area (Å²) in [6.07, 6.45) is 1.62. The molecule has 4 rings (SSSR count). The van der Waals surface area contributed by atoms with Gasteiger partial charge in [0, 0.05) is 17.6 Å². The summed E-state index contributed by atoms with van der Waals surface area (Å²) < 4.78 is 7.19. The van der Waals surface area contributed by atoms with Gasteiger partial charge >= 0.3 is 5.97 Å². The number of benzene rings is 2. The van der Waals surface area contributed by atoms with E-state index < -0.39 is 5.97 Å². The summed E-state index contributed by atoms with van der Waals surface area (Å²) >= 11 is 1.20. The summed E-state index contributed by atoms with van der Waals surface area (Å²) in [6.45, 7) is 8.01. The third-order valence-corrected chi connectivity index (χ3v) is 5.58.